The quantitative estimate of drug-likeness (QED) is 0.371. The van der Waals surface area contributed by atoms with Crippen LogP contribution in [0.1, 0.15) is 54.5 Å². The van der Waals surface area contributed by atoms with Gasteiger partial charge >= 0.3 is 0 Å². The number of nitrogens with one attached hydrogen (secondary N) is 1. The maximum Gasteiger partial charge on any atom is 0.243 e. The molecule has 3 rings (SSSR count). The fraction of sp³-hybridized carbons (Fsp3) is 0.355. The minimum absolute atomic E-state index is 0.000371. The van der Waals surface area contributed by atoms with Gasteiger partial charge in [-0.05, 0) is 54.0 Å². The Morgan fingerprint density at radius 2 is 1.49 bits per heavy atom. The summed E-state index contributed by atoms with van der Waals surface area (Å²) >= 11 is 0. The second kappa shape index (κ2) is 13.5. The number of amides is 2. The summed E-state index contributed by atoms with van der Waals surface area (Å²) in [4.78, 5) is 28.9. The molecule has 184 valence electrons. The Labute approximate surface area is 210 Å². The van der Waals surface area contributed by atoms with Crippen LogP contribution in [0.4, 0.5) is 0 Å². The second-order valence-corrected chi connectivity index (χ2v) is 9.11. The Bertz CT molecular complexity index is 1080. The third-order valence-corrected chi connectivity index (χ3v) is 6.48. The SMILES string of the molecule is CCCNC(=O)[C@H](Cc1ccccc1)N(Cc1ccccc1C)C(=O)CCc1ccc(CC)cc1. The van der Waals surface area contributed by atoms with Crippen LogP contribution in [0.5, 0.6) is 0 Å². The molecule has 0 aliphatic heterocycles. The molecule has 0 radical (unpaired) electrons. The van der Waals surface area contributed by atoms with Crippen molar-refractivity contribution in [1.29, 1.82) is 0 Å². The summed E-state index contributed by atoms with van der Waals surface area (Å²) in [6, 6.07) is 25.9. The van der Waals surface area contributed by atoms with Crippen LogP contribution in [0.2, 0.25) is 0 Å². The fourth-order valence-corrected chi connectivity index (χ4v) is 4.23. The van der Waals surface area contributed by atoms with Gasteiger partial charge in [0.25, 0.3) is 0 Å². The number of aryl methyl sites for hydroxylation is 3. The first kappa shape index (κ1) is 26.2. The molecule has 4 nitrogen and oxygen atoms in total. The fourth-order valence-electron chi connectivity index (χ4n) is 4.23. The Hall–Kier alpha value is -3.40. The molecule has 1 atom stereocenters. The Kier molecular flexibility index (Phi) is 10.1. The second-order valence-electron chi connectivity index (χ2n) is 9.11. The highest BCUT2D eigenvalue weighted by molar-refractivity contribution is 5.88. The average Bonchev–Trinajstić information content (AvgIpc) is 2.89. The van der Waals surface area contributed by atoms with Gasteiger partial charge in [0.2, 0.25) is 11.8 Å². The molecule has 0 fully saturated rings. The van der Waals surface area contributed by atoms with Crippen molar-refractivity contribution >= 4 is 11.8 Å². The average molecular weight is 471 g/mol. The van der Waals surface area contributed by atoms with Crippen molar-refractivity contribution in [2.75, 3.05) is 6.54 Å². The topological polar surface area (TPSA) is 49.4 Å². The molecule has 1 N–H and O–H groups in total. The van der Waals surface area contributed by atoms with E-state index >= 15 is 0 Å². The van der Waals surface area contributed by atoms with Gasteiger partial charge in [0, 0.05) is 25.9 Å². The van der Waals surface area contributed by atoms with Crippen LogP contribution >= 0.6 is 0 Å². The van der Waals surface area contributed by atoms with Crippen molar-refractivity contribution in [1.82, 2.24) is 10.2 Å². The van der Waals surface area contributed by atoms with Gasteiger partial charge in [-0.15, -0.1) is 0 Å². The molecule has 0 bridgehead atoms. The molecule has 0 saturated carbocycles. The van der Waals surface area contributed by atoms with E-state index < -0.39 is 6.04 Å². The van der Waals surface area contributed by atoms with Crippen LogP contribution in [0.15, 0.2) is 78.9 Å². The largest absolute Gasteiger partial charge is 0.354 e. The van der Waals surface area contributed by atoms with Crippen LogP contribution in [-0.4, -0.2) is 29.3 Å². The molecule has 35 heavy (non-hydrogen) atoms. The smallest absolute Gasteiger partial charge is 0.243 e. The van der Waals surface area contributed by atoms with E-state index in [2.05, 4.69) is 49.5 Å². The van der Waals surface area contributed by atoms with Gasteiger partial charge in [0.05, 0.1) is 0 Å². The van der Waals surface area contributed by atoms with Crippen LogP contribution < -0.4 is 5.32 Å². The molecular formula is C31H38N2O2. The number of carbonyl (C=O) groups excluding carboxylic acids is 2. The van der Waals surface area contributed by atoms with E-state index in [-0.39, 0.29) is 11.8 Å². The molecule has 0 aromatic heterocycles. The van der Waals surface area contributed by atoms with Crippen molar-refractivity contribution in [2.24, 2.45) is 0 Å². The van der Waals surface area contributed by atoms with Crippen molar-refractivity contribution in [3.63, 3.8) is 0 Å². The standard InChI is InChI=1S/C31H38N2O2/c1-4-21-32-31(35)29(22-27-12-7-6-8-13-27)33(23-28-14-10-9-11-24(28)3)30(34)20-19-26-17-15-25(5-2)16-18-26/h6-18,29H,4-5,19-23H2,1-3H3,(H,32,35)/t29-/m0/s1. The highest BCUT2D eigenvalue weighted by Gasteiger charge is 2.30. The van der Waals surface area contributed by atoms with Gasteiger partial charge in [-0.25, -0.2) is 0 Å². The molecule has 0 aliphatic rings. The lowest BCUT2D eigenvalue weighted by atomic mass is 10.00. The van der Waals surface area contributed by atoms with Crippen LogP contribution in [-0.2, 0) is 35.4 Å². The van der Waals surface area contributed by atoms with E-state index in [0.29, 0.717) is 32.4 Å². The van der Waals surface area contributed by atoms with E-state index in [9.17, 15) is 9.59 Å². The Morgan fingerprint density at radius 3 is 2.14 bits per heavy atom. The minimum Gasteiger partial charge on any atom is -0.354 e. The molecular weight excluding hydrogens is 432 g/mol. The summed E-state index contributed by atoms with van der Waals surface area (Å²) in [7, 11) is 0. The first-order valence-electron chi connectivity index (χ1n) is 12.7. The van der Waals surface area contributed by atoms with E-state index in [4.69, 9.17) is 0 Å². The van der Waals surface area contributed by atoms with Gasteiger partial charge in [-0.2, -0.15) is 0 Å². The number of hydrogen-bond acceptors (Lipinski definition) is 2. The number of hydrogen-bond donors (Lipinski definition) is 1. The van der Waals surface area contributed by atoms with E-state index in [1.165, 1.54) is 5.56 Å². The van der Waals surface area contributed by atoms with Crippen molar-refractivity contribution in [2.45, 2.75) is 65.5 Å². The normalized spacial score (nSPS) is 11.6. The summed E-state index contributed by atoms with van der Waals surface area (Å²) in [5.41, 5.74) is 5.66. The number of rotatable bonds is 12. The molecule has 0 unspecified atom stereocenters. The molecule has 3 aromatic carbocycles. The molecule has 0 aliphatic carbocycles. The van der Waals surface area contributed by atoms with E-state index in [1.807, 2.05) is 55.5 Å². The van der Waals surface area contributed by atoms with Gasteiger partial charge in [-0.1, -0.05) is 92.7 Å². The van der Waals surface area contributed by atoms with Crippen LogP contribution in [0.3, 0.4) is 0 Å². The Morgan fingerprint density at radius 1 is 0.829 bits per heavy atom. The predicted molar refractivity (Wildman–Crippen MR) is 143 cm³/mol. The highest BCUT2D eigenvalue weighted by atomic mass is 16.2. The van der Waals surface area contributed by atoms with Crippen molar-refractivity contribution < 1.29 is 9.59 Å². The third-order valence-electron chi connectivity index (χ3n) is 6.48. The monoisotopic (exact) mass is 470 g/mol. The van der Waals surface area contributed by atoms with Crippen LogP contribution in [0, 0.1) is 6.92 Å². The predicted octanol–water partition coefficient (Wildman–Crippen LogP) is 5.66. The van der Waals surface area contributed by atoms with Crippen molar-refractivity contribution in [3.05, 3.63) is 107 Å². The van der Waals surface area contributed by atoms with Gasteiger partial charge in [0.15, 0.2) is 0 Å². The molecule has 2 amide bonds. The zero-order valence-corrected chi connectivity index (χ0v) is 21.3. The molecule has 3 aromatic rings. The molecule has 4 heteroatoms. The third kappa shape index (κ3) is 7.81. The zero-order chi connectivity index (χ0) is 25.0. The minimum atomic E-state index is -0.571. The zero-order valence-electron chi connectivity index (χ0n) is 21.3. The number of carbonyl (C=O) groups is 2. The lowest BCUT2D eigenvalue weighted by molar-refractivity contribution is -0.141. The van der Waals surface area contributed by atoms with Gasteiger partial charge in [0.1, 0.15) is 6.04 Å². The Balaban J connectivity index is 1.88. The molecule has 0 heterocycles. The summed E-state index contributed by atoms with van der Waals surface area (Å²) in [6.07, 6.45) is 3.35. The summed E-state index contributed by atoms with van der Waals surface area (Å²) in [5.74, 6) is -0.0923. The summed E-state index contributed by atoms with van der Waals surface area (Å²) in [6.45, 7) is 7.24. The number of nitrogens with zero attached hydrogens (tertiary/aromatic N) is 1. The van der Waals surface area contributed by atoms with Crippen molar-refractivity contribution in [3.8, 4) is 0 Å². The number of benzene rings is 3. The summed E-state index contributed by atoms with van der Waals surface area (Å²) in [5, 5.41) is 3.04. The first-order chi connectivity index (χ1) is 17.0. The molecule has 0 spiro atoms. The van der Waals surface area contributed by atoms with E-state index in [0.717, 1.165) is 35.1 Å². The van der Waals surface area contributed by atoms with Crippen LogP contribution in [0.25, 0.3) is 0 Å². The first-order valence-corrected chi connectivity index (χ1v) is 12.7. The lowest BCUT2D eigenvalue weighted by Gasteiger charge is -2.32. The van der Waals surface area contributed by atoms with Gasteiger partial charge in [-0.3, -0.25) is 9.59 Å². The summed E-state index contributed by atoms with van der Waals surface area (Å²) < 4.78 is 0. The lowest BCUT2D eigenvalue weighted by Crippen LogP contribution is -2.50. The van der Waals surface area contributed by atoms with E-state index in [1.54, 1.807) is 4.90 Å². The molecule has 0 saturated heterocycles. The van der Waals surface area contributed by atoms with Gasteiger partial charge < -0.3 is 10.2 Å². The maximum absolute atomic E-state index is 13.7. The maximum atomic E-state index is 13.7. The highest BCUT2D eigenvalue weighted by Crippen LogP contribution is 2.19.